The highest BCUT2D eigenvalue weighted by molar-refractivity contribution is 7.92. The van der Waals surface area contributed by atoms with Gasteiger partial charge in [-0.05, 0) is 65.8 Å². The maximum atomic E-state index is 14.1. The average Bonchev–Trinajstić information content (AvgIpc) is 2.96. The molecule has 1 N–H and O–H groups in total. The van der Waals surface area contributed by atoms with Crippen LogP contribution in [0.2, 0.25) is 0 Å². The van der Waals surface area contributed by atoms with Crippen molar-refractivity contribution in [1.29, 1.82) is 0 Å². The Bertz CT molecular complexity index is 1390. The van der Waals surface area contributed by atoms with Crippen molar-refractivity contribution in [3.05, 3.63) is 95.8 Å². The standard InChI is InChI=1S/C32H40FN3O4S/c1-6-30(32(38)34-20-23(2)3)35(21-25-12-16-27(33)17-13-25)31(37)22-36(28-18-14-26(15-19-28)24(4)5)41(39,40)29-10-8-7-9-11-29/h7-19,23-24,30H,6,20-22H2,1-5H3,(H,34,38)/t30-/m1/s1. The molecule has 3 aromatic carbocycles. The van der Waals surface area contributed by atoms with Crippen molar-refractivity contribution in [3.8, 4) is 0 Å². The summed E-state index contributed by atoms with van der Waals surface area (Å²) in [5, 5.41) is 2.90. The van der Waals surface area contributed by atoms with E-state index < -0.39 is 34.3 Å². The smallest absolute Gasteiger partial charge is 0.264 e. The minimum atomic E-state index is -4.13. The third kappa shape index (κ3) is 8.39. The highest BCUT2D eigenvalue weighted by Gasteiger charge is 2.33. The molecule has 7 nitrogen and oxygen atoms in total. The van der Waals surface area contributed by atoms with Crippen LogP contribution in [0, 0.1) is 11.7 Å². The van der Waals surface area contributed by atoms with E-state index in [2.05, 4.69) is 5.32 Å². The van der Waals surface area contributed by atoms with Crippen LogP contribution in [0.25, 0.3) is 0 Å². The van der Waals surface area contributed by atoms with Crippen LogP contribution in [0.1, 0.15) is 58.1 Å². The maximum absolute atomic E-state index is 14.1. The first-order chi connectivity index (χ1) is 19.4. The van der Waals surface area contributed by atoms with Gasteiger partial charge < -0.3 is 10.2 Å². The number of carbonyl (C=O) groups excluding carboxylic acids is 2. The van der Waals surface area contributed by atoms with Crippen LogP contribution in [0.15, 0.2) is 83.8 Å². The molecule has 0 fully saturated rings. The monoisotopic (exact) mass is 581 g/mol. The summed E-state index contributed by atoms with van der Waals surface area (Å²) >= 11 is 0. The van der Waals surface area contributed by atoms with Gasteiger partial charge in [-0.1, -0.05) is 77.1 Å². The fourth-order valence-corrected chi connectivity index (χ4v) is 5.84. The van der Waals surface area contributed by atoms with Gasteiger partial charge >= 0.3 is 0 Å². The van der Waals surface area contributed by atoms with Crippen LogP contribution in [0.5, 0.6) is 0 Å². The van der Waals surface area contributed by atoms with Gasteiger partial charge in [-0.25, -0.2) is 12.8 Å². The van der Waals surface area contributed by atoms with Gasteiger partial charge in [0.15, 0.2) is 0 Å². The zero-order chi connectivity index (χ0) is 30.2. The number of anilines is 1. The largest absolute Gasteiger partial charge is 0.354 e. The molecule has 0 saturated carbocycles. The minimum Gasteiger partial charge on any atom is -0.354 e. The number of hydrogen-bond donors (Lipinski definition) is 1. The van der Waals surface area contributed by atoms with Crippen LogP contribution < -0.4 is 9.62 Å². The first-order valence-corrected chi connectivity index (χ1v) is 15.4. The number of rotatable bonds is 13. The summed E-state index contributed by atoms with van der Waals surface area (Å²) < 4.78 is 42.5. The molecule has 220 valence electrons. The molecule has 0 heterocycles. The molecule has 0 saturated heterocycles. The molecule has 9 heteroatoms. The van der Waals surface area contributed by atoms with Crippen molar-refractivity contribution in [2.24, 2.45) is 5.92 Å². The van der Waals surface area contributed by atoms with Crippen LogP contribution in [0.4, 0.5) is 10.1 Å². The van der Waals surface area contributed by atoms with Crippen LogP contribution in [-0.4, -0.2) is 44.3 Å². The summed E-state index contributed by atoms with van der Waals surface area (Å²) in [5.41, 5.74) is 1.99. The third-order valence-corrected chi connectivity index (χ3v) is 8.58. The Kier molecular flexibility index (Phi) is 11.1. The Labute approximate surface area is 243 Å². The number of amides is 2. The summed E-state index contributed by atoms with van der Waals surface area (Å²) in [6.45, 7) is 9.75. The first kappa shape index (κ1) is 31.8. The molecular formula is C32H40FN3O4S. The van der Waals surface area contributed by atoms with Gasteiger partial charge in [0.25, 0.3) is 10.0 Å². The Morgan fingerprint density at radius 3 is 2.02 bits per heavy atom. The zero-order valence-corrected chi connectivity index (χ0v) is 25.2. The Morgan fingerprint density at radius 2 is 1.49 bits per heavy atom. The van der Waals surface area contributed by atoms with Crippen LogP contribution >= 0.6 is 0 Å². The Balaban J connectivity index is 2.04. The molecule has 0 unspecified atom stereocenters. The van der Waals surface area contributed by atoms with Gasteiger partial charge in [-0.2, -0.15) is 0 Å². The predicted molar refractivity (Wildman–Crippen MR) is 160 cm³/mol. The van der Waals surface area contributed by atoms with Crippen molar-refractivity contribution >= 4 is 27.5 Å². The molecular weight excluding hydrogens is 541 g/mol. The highest BCUT2D eigenvalue weighted by Crippen LogP contribution is 2.27. The van der Waals surface area contributed by atoms with Crippen molar-refractivity contribution in [3.63, 3.8) is 0 Å². The SMILES string of the molecule is CC[C@H](C(=O)NCC(C)C)N(Cc1ccc(F)cc1)C(=O)CN(c1ccc(C(C)C)cc1)S(=O)(=O)c1ccccc1. The molecule has 41 heavy (non-hydrogen) atoms. The van der Waals surface area contributed by atoms with Gasteiger partial charge in [-0.3, -0.25) is 13.9 Å². The molecule has 0 spiro atoms. The van der Waals surface area contributed by atoms with Crippen molar-refractivity contribution in [2.75, 3.05) is 17.4 Å². The lowest BCUT2D eigenvalue weighted by atomic mass is 10.0. The van der Waals surface area contributed by atoms with Gasteiger partial charge in [0, 0.05) is 13.1 Å². The Hall–Kier alpha value is -3.72. The van der Waals surface area contributed by atoms with E-state index in [-0.39, 0.29) is 29.2 Å². The lowest BCUT2D eigenvalue weighted by molar-refractivity contribution is -0.140. The number of nitrogens with one attached hydrogen (secondary N) is 1. The molecule has 0 bridgehead atoms. The van der Waals surface area contributed by atoms with E-state index in [9.17, 15) is 22.4 Å². The third-order valence-electron chi connectivity index (χ3n) is 6.79. The molecule has 2 amide bonds. The van der Waals surface area contributed by atoms with Gasteiger partial charge in [0.2, 0.25) is 11.8 Å². The topological polar surface area (TPSA) is 86.8 Å². The normalized spacial score (nSPS) is 12.3. The summed E-state index contributed by atoms with van der Waals surface area (Å²) in [6, 6.07) is 19.9. The molecule has 0 aliphatic carbocycles. The van der Waals surface area contributed by atoms with E-state index in [1.54, 1.807) is 49.4 Å². The lowest BCUT2D eigenvalue weighted by Gasteiger charge is -2.33. The first-order valence-electron chi connectivity index (χ1n) is 13.9. The fourth-order valence-electron chi connectivity index (χ4n) is 4.40. The number of carbonyl (C=O) groups is 2. The van der Waals surface area contributed by atoms with Gasteiger partial charge in [0.1, 0.15) is 18.4 Å². The molecule has 3 rings (SSSR count). The highest BCUT2D eigenvalue weighted by atomic mass is 32.2. The number of halogens is 1. The molecule has 0 aliphatic rings. The lowest BCUT2D eigenvalue weighted by Crippen LogP contribution is -2.52. The van der Waals surface area contributed by atoms with Gasteiger partial charge in [0.05, 0.1) is 10.6 Å². The summed E-state index contributed by atoms with van der Waals surface area (Å²) in [4.78, 5) is 28.7. The van der Waals surface area contributed by atoms with E-state index in [0.717, 1.165) is 9.87 Å². The predicted octanol–water partition coefficient (Wildman–Crippen LogP) is 5.72. The molecule has 0 aliphatic heterocycles. The van der Waals surface area contributed by atoms with E-state index in [0.29, 0.717) is 24.2 Å². The molecule has 0 radical (unpaired) electrons. The molecule has 1 atom stereocenters. The molecule has 0 aromatic heterocycles. The minimum absolute atomic E-state index is 0.0121. The van der Waals surface area contributed by atoms with Crippen molar-refractivity contribution in [2.45, 2.75) is 64.4 Å². The summed E-state index contributed by atoms with van der Waals surface area (Å²) in [7, 11) is -4.13. The number of hydrogen-bond acceptors (Lipinski definition) is 4. The van der Waals surface area contributed by atoms with E-state index in [1.807, 2.05) is 39.8 Å². The quantitative estimate of drug-likeness (QED) is 0.280. The Morgan fingerprint density at radius 1 is 0.878 bits per heavy atom. The van der Waals surface area contributed by atoms with Crippen molar-refractivity contribution in [1.82, 2.24) is 10.2 Å². The van der Waals surface area contributed by atoms with Crippen molar-refractivity contribution < 1.29 is 22.4 Å². The second kappa shape index (κ2) is 14.3. The number of sulfonamides is 1. The second-order valence-corrected chi connectivity index (χ2v) is 12.6. The number of nitrogens with zero attached hydrogens (tertiary/aromatic N) is 2. The number of benzene rings is 3. The van der Waals surface area contributed by atoms with E-state index in [4.69, 9.17) is 0 Å². The van der Waals surface area contributed by atoms with E-state index in [1.165, 1.54) is 29.2 Å². The van der Waals surface area contributed by atoms with Gasteiger partial charge in [-0.15, -0.1) is 0 Å². The summed E-state index contributed by atoms with van der Waals surface area (Å²) in [5.74, 6) is -0.842. The second-order valence-electron chi connectivity index (χ2n) is 10.8. The van der Waals surface area contributed by atoms with Crippen LogP contribution in [0.3, 0.4) is 0 Å². The van der Waals surface area contributed by atoms with E-state index >= 15 is 0 Å². The maximum Gasteiger partial charge on any atom is 0.264 e. The average molecular weight is 582 g/mol. The zero-order valence-electron chi connectivity index (χ0n) is 24.4. The molecule has 3 aromatic rings. The fraction of sp³-hybridized carbons (Fsp3) is 0.375. The van der Waals surface area contributed by atoms with Crippen LogP contribution in [-0.2, 0) is 26.2 Å². The summed E-state index contributed by atoms with van der Waals surface area (Å²) in [6.07, 6.45) is 0.311.